The van der Waals surface area contributed by atoms with Crippen molar-refractivity contribution in [3.05, 3.63) is 23.9 Å². The standard InChI is InChI=1S/C14H16N2O3/c1-14(2,3)19-13(18)16(4)12-8-7-11(10-15-12)6-5-9-17/h7-10H,1-4H3. The molecule has 1 rings (SSSR count). The molecule has 0 atom stereocenters. The fourth-order valence-corrected chi connectivity index (χ4v) is 1.20. The summed E-state index contributed by atoms with van der Waals surface area (Å²) in [6.45, 7) is 5.39. The van der Waals surface area contributed by atoms with Gasteiger partial charge in [0, 0.05) is 18.8 Å². The molecule has 0 aliphatic heterocycles. The van der Waals surface area contributed by atoms with Gasteiger partial charge in [-0.05, 0) is 38.8 Å². The molecule has 5 nitrogen and oxygen atoms in total. The zero-order valence-electron chi connectivity index (χ0n) is 11.4. The predicted octanol–water partition coefficient (Wildman–Crippen LogP) is 2.00. The van der Waals surface area contributed by atoms with Gasteiger partial charge < -0.3 is 4.74 Å². The zero-order valence-corrected chi connectivity index (χ0v) is 11.4. The molecule has 0 unspecified atom stereocenters. The SMILES string of the molecule is CN(C(=O)OC(C)(C)C)c1ccc(C#CC=O)cn1. The molecule has 0 saturated heterocycles. The summed E-state index contributed by atoms with van der Waals surface area (Å²) in [5, 5.41) is 0. The quantitative estimate of drug-likeness (QED) is 0.572. The van der Waals surface area contributed by atoms with Crippen LogP contribution in [0.1, 0.15) is 26.3 Å². The predicted molar refractivity (Wildman–Crippen MR) is 71.8 cm³/mol. The minimum absolute atomic E-state index is 0.450. The summed E-state index contributed by atoms with van der Waals surface area (Å²) >= 11 is 0. The number of nitrogens with zero attached hydrogens (tertiary/aromatic N) is 2. The number of pyridine rings is 1. The van der Waals surface area contributed by atoms with Crippen molar-refractivity contribution in [2.45, 2.75) is 26.4 Å². The number of carbonyl (C=O) groups excluding carboxylic acids is 2. The molecule has 0 aliphatic rings. The van der Waals surface area contributed by atoms with Crippen LogP contribution < -0.4 is 4.90 Å². The third-order valence-electron chi connectivity index (χ3n) is 2.03. The molecular weight excluding hydrogens is 244 g/mol. The third kappa shape index (κ3) is 4.80. The Morgan fingerprint density at radius 2 is 2.11 bits per heavy atom. The number of anilines is 1. The molecule has 0 N–H and O–H groups in total. The second kappa shape index (κ2) is 6.01. The first-order valence-corrected chi connectivity index (χ1v) is 5.71. The van der Waals surface area contributed by atoms with E-state index >= 15 is 0 Å². The van der Waals surface area contributed by atoms with Crippen molar-refractivity contribution < 1.29 is 14.3 Å². The average Bonchev–Trinajstić information content (AvgIpc) is 2.34. The molecule has 0 spiro atoms. The number of amides is 1. The Hall–Kier alpha value is -2.35. The number of aromatic nitrogens is 1. The van der Waals surface area contributed by atoms with Gasteiger partial charge in [-0.15, -0.1) is 0 Å². The fourth-order valence-electron chi connectivity index (χ4n) is 1.20. The molecule has 1 amide bonds. The normalized spacial score (nSPS) is 10.1. The molecule has 19 heavy (non-hydrogen) atoms. The van der Waals surface area contributed by atoms with E-state index in [1.165, 1.54) is 11.1 Å². The lowest BCUT2D eigenvalue weighted by Gasteiger charge is -2.24. The Morgan fingerprint density at radius 3 is 2.58 bits per heavy atom. The van der Waals surface area contributed by atoms with Crippen molar-refractivity contribution in [1.82, 2.24) is 4.98 Å². The lowest BCUT2D eigenvalue weighted by molar-refractivity contribution is -0.103. The molecule has 0 aliphatic carbocycles. The van der Waals surface area contributed by atoms with Gasteiger partial charge in [0.1, 0.15) is 11.4 Å². The Balaban J connectivity index is 2.80. The maximum Gasteiger partial charge on any atom is 0.415 e. The smallest absolute Gasteiger partial charge is 0.415 e. The minimum Gasteiger partial charge on any atom is -0.443 e. The average molecular weight is 260 g/mol. The van der Waals surface area contributed by atoms with Gasteiger partial charge in [0.05, 0.1) is 0 Å². The number of hydrogen-bond acceptors (Lipinski definition) is 4. The van der Waals surface area contributed by atoms with Crippen molar-refractivity contribution in [2.24, 2.45) is 0 Å². The van der Waals surface area contributed by atoms with Crippen molar-refractivity contribution in [2.75, 3.05) is 11.9 Å². The topological polar surface area (TPSA) is 59.5 Å². The summed E-state index contributed by atoms with van der Waals surface area (Å²) in [7, 11) is 1.58. The Labute approximate surface area is 112 Å². The number of aldehydes is 1. The van der Waals surface area contributed by atoms with E-state index in [1.807, 2.05) is 0 Å². The van der Waals surface area contributed by atoms with Crippen molar-refractivity contribution in [3.8, 4) is 11.8 Å². The van der Waals surface area contributed by atoms with Crippen LogP contribution >= 0.6 is 0 Å². The van der Waals surface area contributed by atoms with Crippen LogP contribution in [-0.4, -0.2) is 30.0 Å². The van der Waals surface area contributed by atoms with Crippen molar-refractivity contribution in [3.63, 3.8) is 0 Å². The summed E-state index contributed by atoms with van der Waals surface area (Å²) < 4.78 is 5.22. The first kappa shape index (κ1) is 14.7. The summed E-state index contributed by atoms with van der Waals surface area (Å²) in [6, 6.07) is 3.32. The van der Waals surface area contributed by atoms with Gasteiger partial charge in [0.2, 0.25) is 0 Å². The summed E-state index contributed by atoms with van der Waals surface area (Å²) in [6.07, 6.45) is 1.53. The number of rotatable bonds is 1. The molecule has 5 heteroatoms. The van der Waals surface area contributed by atoms with Crippen LogP contribution in [-0.2, 0) is 9.53 Å². The van der Waals surface area contributed by atoms with Gasteiger partial charge >= 0.3 is 6.09 Å². The number of ether oxygens (including phenoxy) is 1. The van der Waals surface area contributed by atoms with Gasteiger partial charge in [-0.25, -0.2) is 9.78 Å². The molecule has 100 valence electrons. The second-order valence-electron chi connectivity index (χ2n) is 4.83. The summed E-state index contributed by atoms with van der Waals surface area (Å²) in [4.78, 5) is 27.3. The first-order valence-electron chi connectivity index (χ1n) is 5.71. The summed E-state index contributed by atoms with van der Waals surface area (Å²) in [5.41, 5.74) is 0.0502. The molecule has 0 aromatic carbocycles. The fraction of sp³-hybridized carbons (Fsp3) is 0.357. The minimum atomic E-state index is -0.555. The maximum atomic E-state index is 11.8. The largest absolute Gasteiger partial charge is 0.443 e. The lowest BCUT2D eigenvalue weighted by Crippen LogP contribution is -2.34. The van der Waals surface area contributed by atoms with E-state index < -0.39 is 11.7 Å². The highest BCUT2D eigenvalue weighted by Crippen LogP contribution is 2.14. The van der Waals surface area contributed by atoms with Crippen molar-refractivity contribution >= 4 is 18.2 Å². The molecule has 0 saturated carbocycles. The monoisotopic (exact) mass is 260 g/mol. The molecular formula is C14H16N2O3. The molecule has 1 heterocycles. The van der Waals surface area contributed by atoms with E-state index in [1.54, 1.807) is 40.0 Å². The van der Waals surface area contributed by atoms with Crippen molar-refractivity contribution in [1.29, 1.82) is 0 Å². The molecule has 0 radical (unpaired) electrons. The van der Waals surface area contributed by atoms with E-state index in [0.717, 1.165) is 0 Å². The molecule has 0 fully saturated rings. The molecule has 1 aromatic heterocycles. The van der Waals surface area contributed by atoms with E-state index in [0.29, 0.717) is 17.7 Å². The van der Waals surface area contributed by atoms with Gasteiger partial charge in [0.25, 0.3) is 0 Å². The van der Waals surface area contributed by atoms with E-state index in [2.05, 4.69) is 16.8 Å². The summed E-state index contributed by atoms with van der Waals surface area (Å²) in [5.74, 6) is 5.35. The van der Waals surface area contributed by atoms with Gasteiger partial charge in [0.15, 0.2) is 6.29 Å². The van der Waals surface area contributed by atoms with Crippen LogP contribution in [0.3, 0.4) is 0 Å². The van der Waals surface area contributed by atoms with Gasteiger partial charge in [-0.1, -0.05) is 5.92 Å². The third-order valence-corrected chi connectivity index (χ3v) is 2.03. The van der Waals surface area contributed by atoms with Crippen LogP contribution in [0.25, 0.3) is 0 Å². The van der Waals surface area contributed by atoms with Crippen LogP contribution in [0.5, 0.6) is 0 Å². The Kier molecular flexibility index (Phi) is 4.65. The van der Waals surface area contributed by atoms with Crippen LogP contribution in [0.4, 0.5) is 10.6 Å². The van der Waals surface area contributed by atoms with E-state index in [-0.39, 0.29) is 0 Å². The zero-order chi connectivity index (χ0) is 14.5. The Bertz CT molecular complexity index is 518. The highest BCUT2D eigenvalue weighted by atomic mass is 16.6. The highest BCUT2D eigenvalue weighted by molar-refractivity contribution is 5.86. The van der Waals surface area contributed by atoms with E-state index in [9.17, 15) is 9.59 Å². The molecule has 1 aromatic rings. The van der Waals surface area contributed by atoms with Crippen LogP contribution in [0.15, 0.2) is 18.3 Å². The van der Waals surface area contributed by atoms with Crippen LogP contribution in [0.2, 0.25) is 0 Å². The number of hydrogen-bond donors (Lipinski definition) is 0. The second-order valence-corrected chi connectivity index (χ2v) is 4.83. The van der Waals surface area contributed by atoms with E-state index in [4.69, 9.17) is 4.74 Å². The Morgan fingerprint density at radius 1 is 1.42 bits per heavy atom. The van der Waals surface area contributed by atoms with Gasteiger partial charge in [-0.3, -0.25) is 9.69 Å². The van der Waals surface area contributed by atoms with Gasteiger partial charge in [-0.2, -0.15) is 0 Å². The highest BCUT2D eigenvalue weighted by Gasteiger charge is 2.20. The molecule has 0 bridgehead atoms. The first-order chi connectivity index (χ1) is 8.83. The number of carbonyl (C=O) groups is 2. The van der Waals surface area contributed by atoms with Crippen LogP contribution in [0, 0.1) is 11.8 Å². The lowest BCUT2D eigenvalue weighted by atomic mass is 10.2. The maximum absolute atomic E-state index is 11.8.